The lowest BCUT2D eigenvalue weighted by Crippen LogP contribution is -2.26. The van der Waals surface area contributed by atoms with Crippen molar-refractivity contribution in [2.75, 3.05) is 18.1 Å². The number of nitrogens with one attached hydrogen (secondary N) is 1. The second-order valence-electron chi connectivity index (χ2n) is 4.02. The first-order valence-electron chi connectivity index (χ1n) is 5.65. The van der Waals surface area contributed by atoms with Crippen LogP contribution in [0.1, 0.15) is 21.5 Å². The summed E-state index contributed by atoms with van der Waals surface area (Å²) in [5, 5.41) is 11.2. The van der Waals surface area contributed by atoms with Crippen LogP contribution in [0, 0.1) is 13.8 Å². The Morgan fingerprint density at radius 3 is 2.67 bits per heavy atom. The molecule has 1 amide bonds. The standard InChI is InChI=1S/C13H17NO3S/c1-9-3-4-11(10(2)7-9)13(17)14-5-6-18-8-12(15)16/h3-4,7H,5-6,8H2,1-2H3,(H,14,17)(H,15,16). The van der Waals surface area contributed by atoms with Gasteiger partial charge in [-0.2, -0.15) is 0 Å². The predicted molar refractivity (Wildman–Crippen MR) is 73.2 cm³/mol. The van der Waals surface area contributed by atoms with Crippen molar-refractivity contribution in [3.63, 3.8) is 0 Å². The molecule has 0 aliphatic carbocycles. The van der Waals surface area contributed by atoms with Crippen LogP contribution in [-0.2, 0) is 4.79 Å². The van der Waals surface area contributed by atoms with E-state index >= 15 is 0 Å². The van der Waals surface area contributed by atoms with Crippen LogP contribution in [0.25, 0.3) is 0 Å². The van der Waals surface area contributed by atoms with Crippen molar-refractivity contribution < 1.29 is 14.7 Å². The minimum atomic E-state index is -0.833. The number of aliphatic carboxylic acids is 1. The van der Waals surface area contributed by atoms with Crippen LogP contribution >= 0.6 is 11.8 Å². The first kappa shape index (κ1) is 14.6. The fraction of sp³-hybridized carbons (Fsp3) is 0.385. The van der Waals surface area contributed by atoms with Gasteiger partial charge in [0.25, 0.3) is 5.91 Å². The molecule has 0 aromatic heterocycles. The lowest BCUT2D eigenvalue weighted by atomic mass is 10.1. The average molecular weight is 267 g/mol. The van der Waals surface area contributed by atoms with E-state index in [0.717, 1.165) is 11.1 Å². The number of hydrogen-bond donors (Lipinski definition) is 2. The molecular weight excluding hydrogens is 250 g/mol. The normalized spacial score (nSPS) is 10.1. The molecule has 0 atom stereocenters. The monoisotopic (exact) mass is 267 g/mol. The number of amides is 1. The van der Waals surface area contributed by atoms with E-state index in [9.17, 15) is 9.59 Å². The second kappa shape index (κ2) is 7.06. The fourth-order valence-corrected chi connectivity index (χ4v) is 2.13. The highest BCUT2D eigenvalue weighted by Crippen LogP contribution is 2.10. The van der Waals surface area contributed by atoms with Crippen LogP contribution in [0.2, 0.25) is 0 Å². The van der Waals surface area contributed by atoms with Gasteiger partial charge >= 0.3 is 5.97 Å². The highest BCUT2D eigenvalue weighted by atomic mass is 32.2. The Labute approximate surface area is 111 Å². The third-order valence-corrected chi connectivity index (χ3v) is 3.33. The Morgan fingerprint density at radius 2 is 2.06 bits per heavy atom. The van der Waals surface area contributed by atoms with Crippen molar-refractivity contribution in [1.29, 1.82) is 0 Å². The molecule has 0 saturated heterocycles. The highest BCUT2D eigenvalue weighted by Gasteiger charge is 2.08. The molecule has 2 N–H and O–H groups in total. The molecule has 18 heavy (non-hydrogen) atoms. The maximum absolute atomic E-state index is 11.8. The number of carboxylic acid groups (broad SMARTS) is 1. The summed E-state index contributed by atoms with van der Waals surface area (Å²) in [7, 11) is 0. The van der Waals surface area contributed by atoms with Crippen LogP contribution in [0.5, 0.6) is 0 Å². The number of aryl methyl sites for hydroxylation is 2. The molecule has 0 bridgehead atoms. The van der Waals surface area contributed by atoms with Gasteiger partial charge in [0.1, 0.15) is 0 Å². The van der Waals surface area contributed by atoms with Gasteiger partial charge in [0, 0.05) is 17.9 Å². The summed E-state index contributed by atoms with van der Waals surface area (Å²) in [5.41, 5.74) is 2.75. The molecule has 1 aromatic rings. The van der Waals surface area contributed by atoms with Gasteiger partial charge in [-0.1, -0.05) is 17.7 Å². The van der Waals surface area contributed by atoms with Crippen molar-refractivity contribution in [3.05, 3.63) is 34.9 Å². The maximum atomic E-state index is 11.8. The SMILES string of the molecule is Cc1ccc(C(=O)NCCSCC(=O)O)c(C)c1. The van der Waals surface area contributed by atoms with E-state index in [-0.39, 0.29) is 11.7 Å². The molecule has 98 valence electrons. The molecule has 1 rings (SSSR count). The van der Waals surface area contributed by atoms with E-state index in [1.54, 1.807) is 0 Å². The number of carbonyl (C=O) groups is 2. The number of carboxylic acids is 1. The number of thioether (sulfide) groups is 1. The second-order valence-corrected chi connectivity index (χ2v) is 5.13. The van der Waals surface area contributed by atoms with Crippen molar-refractivity contribution in [1.82, 2.24) is 5.32 Å². The lowest BCUT2D eigenvalue weighted by molar-refractivity contribution is -0.133. The third-order valence-electron chi connectivity index (χ3n) is 2.38. The number of benzene rings is 1. The number of hydrogen-bond acceptors (Lipinski definition) is 3. The first-order chi connectivity index (χ1) is 8.50. The van der Waals surface area contributed by atoms with Crippen molar-refractivity contribution in [2.45, 2.75) is 13.8 Å². The van der Waals surface area contributed by atoms with Gasteiger partial charge in [-0.3, -0.25) is 9.59 Å². The van der Waals surface area contributed by atoms with Crippen LogP contribution in [-0.4, -0.2) is 35.0 Å². The first-order valence-corrected chi connectivity index (χ1v) is 6.81. The van der Waals surface area contributed by atoms with E-state index in [1.807, 2.05) is 32.0 Å². The van der Waals surface area contributed by atoms with Crippen LogP contribution < -0.4 is 5.32 Å². The van der Waals surface area contributed by atoms with Crippen molar-refractivity contribution in [2.24, 2.45) is 0 Å². The quantitative estimate of drug-likeness (QED) is 0.772. The Morgan fingerprint density at radius 1 is 1.33 bits per heavy atom. The van der Waals surface area contributed by atoms with Gasteiger partial charge < -0.3 is 10.4 Å². The summed E-state index contributed by atoms with van der Waals surface area (Å²) >= 11 is 1.29. The Bertz CT molecular complexity index is 446. The van der Waals surface area contributed by atoms with Crippen molar-refractivity contribution >= 4 is 23.6 Å². The molecular formula is C13H17NO3S. The zero-order chi connectivity index (χ0) is 13.5. The van der Waals surface area contributed by atoms with Gasteiger partial charge in [-0.05, 0) is 25.5 Å². The average Bonchev–Trinajstić information content (AvgIpc) is 2.27. The minimum Gasteiger partial charge on any atom is -0.481 e. The molecule has 0 unspecified atom stereocenters. The van der Waals surface area contributed by atoms with Crippen LogP contribution in [0.3, 0.4) is 0 Å². The lowest BCUT2D eigenvalue weighted by Gasteiger charge is -2.07. The summed E-state index contributed by atoms with van der Waals surface area (Å²) in [6, 6.07) is 5.68. The largest absolute Gasteiger partial charge is 0.481 e. The van der Waals surface area contributed by atoms with Gasteiger partial charge in [0.15, 0.2) is 0 Å². The van der Waals surface area contributed by atoms with E-state index in [1.165, 1.54) is 11.8 Å². The smallest absolute Gasteiger partial charge is 0.313 e. The molecule has 0 saturated carbocycles. The highest BCUT2D eigenvalue weighted by molar-refractivity contribution is 7.99. The van der Waals surface area contributed by atoms with Gasteiger partial charge in [0.05, 0.1) is 5.75 Å². The van der Waals surface area contributed by atoms with Gasteiger partial charge in [-0.25, -0.2) is 0 Å². The summed E-state index contributed by atoms with van der Waals surface area (Å²) in [6.07, 6.45) is 0. The molecule has 0 heterocycles. The van der Waals surface area contributed by atoms with Crippen LogP contribution in [0.4, 0.5) is 0 Å². The van der Waals surface area contributed by atoms with Gasteiger partial charge in [0.2, 0.25) is 0 Å². The molecule has 0 radical (unpaired) electrons. The van der Waals surface area contributed by atoms with E-state index in [2.05, 4.69) is 5.32 Å². The van der Waals surface area contributed by atoms with Crippen LogP contribution in [0.15, 0.2) is 18.2 Å². The summed E-state index contributed by atoms with van der Waals surface area (Å²) < 4.78 is 0. The van der Waals surface area contributed by atoms with Gasteiger partial charge in [-0.15, -0.1) is 11.8 Å². The number of carbonyl (C=O) groups excluding carboxylic acids is 1. The summed E-state index contributed by atoms with van der Waals surface area (Å²) in [4.78, 5) is 22.1. The fourth-order valence-electron chi connectivity index (χ4n) is 1.56. The Balaban J connectivity index is 2.39. The topological polar surface area (TPSA) is 66.4 Å². The van der Waals surface area contributed by atoms with E-state index in [4.69, 9.17) is 5.11 Å². The zero-order valence-corrected chi connectivity index (χ0v) is 11.3. The van der Waals surface area contributed by atoms with E-state index in [0.29, 0.717) is 17.9 Å². The molecule has 4 nitrogen and oxygen atoms in total. The van der Waals surface area contributed by atoms with E-state index < -0.39 is 5.97 Å². The molecule has 1 aromatic carbocycles. The minimum absolute atomic E-state index is 0.0689. The predicted octanol–water partition coefficient (Wildman–Crippen LogP) is 1.85. The summed E-state index contributed by atoms with van der Waals surface area (Å²) in [5.74, 6) is -0.272. The molecule has 0 aliphatic rings. The zero-order valence-electron chi connectivity index (χ0n) is 10.5. The third kappa shape index (κ3) is 4.79. The molecule has 5 heteroatoms. The van der Waals surface area contributed by atoms with Crippen molar-refractivity contribution in [3.8, 4) is 0 Å². The maximum Gasteiger partial charge on any atom is 0.313 e. The molecule has 0 aliphatic heterocycles. The number of rotatable bonds is 6. The molecule has 0 fully saturated rings. The molecule has 0 spiro atoms. The summed E-state index contributed by atoms with van der Waals surface area (Å²) in [6.45, 7) is 4.36. The Kier molecular flexibility index (Phi) is 5.71. The Hall–Kier alpha value is -1.49.